The lowest BCUT2D eigenvalue weighted by Gasteiger charge is -2.23. The van der Waals surface area contributed by atoms with Crippen molar-refractivity contribution in [1.82, 2.24) is 10.2 Å². The van der Waals surface area contributed by atoms with Gasteiger partial charge in [-0.3, -0.25) is 9.59 Å². The summed E-state index contributed by atoms with van der Waals surface area (Å²) in [6, 6.07) is 0.498. The minimum atomic E-state index is -0.335. The van der Waals surface area contributed by atoms with Crippen molar-refractivity contribution >= 4 is 11.9 Å². The summed E-state index contributed by atoms with van der Waals surface area (Å²) in [6.45, 7) is 7.13. The van der Waals surface area contributed by atoms with Crippen LogP contribution < -0.4 is 5.32 Å². The molecule has 104 valence electrons. The lowest BCUT2D eigenvalue weighted by molar-refractivity contribution is -0.149. The highest BCUT2D eigenvalue weighted by Crippen LogP contribution is 2.18. The smallest absolute Gasteiger partial charge is 0.325 e. The van der Waals surface area contributed by atoms with E-state index < -0.39 is 0 Å². The van der Waals surface area contributed by atoms with Crippen LogP contribution in [0.2, 0.25) is 0 Å². The first-order valence-corrected chi connectivity index (χ1v) is 6.69. The van der Waals surface area contributed by atoms with E-state index in [9.17, 15) is 9.59 Å². The molecule has 0 radical (unpaired) electrons. The third kappa shape index (κ3) is 6.00. The Hall–Kier alpha value is -1.10. The molecule has 1 saturated carbocycles. The van der Waals surface area contributed by atoms with Gasteiger partial charge in [-0.1, -0.05) is 13.8 Å². The van der Waals surface area contributed by atoms with E-state index in [1.807, 2.05) is 13.8 Å². The quantitative estimate of drug-likeness (QED) is 0.652. The molecule has 5 heteroatoms. The molecular formula is C13H24N2O3. The second-order valence-corrected chi connectivity index (χ2v) is 5.13. The summed E-state index contributed by atoms with van der Waals surface area (Å²) in [6.07, 6.45) is 2.30. The Labute approximate surface area is 109 Å². The van der Waals surface area contributed by atoms with Crippen molar-refractivity contribution in [3.63, 3.8) is 0 Å². The van der Waals surface area contributed by atoms with Gasteiger partial charge in [0, 0.05) is 12.6 Å². The van der Waals surface area contributed by atoms with E-state index in [-0.39, 0.29) is 18.4 Å². The van der Waals surface area contributed by atoms with Crippen LogP contribution >= 0.6 is 0 Å². The minimum absolute atomic E-state index is 0.0244. The number of hydrogen-bond acceptors (Lipinski definition) is 4. The van der Waals surface area contributed by atoms with Crippen LogP contribution in [0.15, 0.2) is 0 Å². The number of rotatable bonds is 8. The molecule has 1 aliphatic carbocycles. The van der Waals surface area contributed by atoms with Crippen LogP contribution in [0.25, 0.3) is 0 Å². The number of carbonyl (C=O) groups is 2. The van der Waals surface area contributed by atoms with Crippen LogP contribution in [0.1, 0.15) is 33.6 Å². The second-order valence-electron chi connectivity index (χ2n) is 5.13. The van der Waals surface area contributed by atoms with E-state index in [0.29, 0.717) is 31.7 Å². The summed E-state index contributed by atoms with van der Waals surface area (Å²) in [7, 11) is 0. The highest BCUT2D eigenvalue weighted by molar-refractivity contribution is 5.83. The summed E-state index contributed by atoms with van der Waals surface area (Å²) in [5.74, 6) is -0.0223. The third-order valence-corrected chi connectivity index (χ3v) is 2.68. The molecule has 5 nitrogen and oxygen atoms in total. The zero-order chi connectivity index (χ0) is 13.5. The molecule has 0 unspecified atom stereocenters. The van der Waals surface area contributed by atoms with Crippen molar-refractivity contribution in [2.75, 3.05) is 26.2 Å². The normalized spacial score (nSPS) is 14.7. The Kier molecular flexibility index (Phi) is 6.12. The molecule has 0 aliphatic heterocycles. The molecule has 1 N–H and O–H groups in total. The molecule has 0 aromatic heterocycles. The second kappa shape index (κ2) is 7.36. The lowest BCUT2D eigenvalue weighted by Crippen LogP contribution is -2.43. The van der Waals surface area contributed by atoms with E-state index >= 15 is 0 Å². The standard InChI is InChI=1S/C13H24N2O3/c1-4-18-13(17)9-15(8-10(2)3)12(16)7-14-11-5-6-11/h10-11,14H,4-9H2,1-3H3. The van der Waals surface area contributed by atoms with E-state index in [1.54, 1.807) is 11.8 Å². The lowest BCUT2D eigenvalue weighted by atomic mass is 10.2. The maximum absolute atomic E-state index is 12.0. The number of ether oxygens (including phenoxy) is 1. The zero-order valence-electron chi connectivity index (χ0n) is 11.6. The molecular weight excluding hydrogens is 232 g/mol. The fourth-order valence-electron chi connectivity index (χ4n) is 1.69. The highest BCUT2D eigenvalue weighted by atomic mass is 16.5. The summed E-state index contributed by atoms with van der Waals surface area (Å²) in [4.78, 5) is 25.0. The Morgan fingerprint density at radius 1 is 1.39 bits per heavy atom. The van der Waals surface area contributed by atoms with Crippen molar-refractivity contribution in [2.45, 2.75) is 39.7 Å². The molecule has 0 bridgehead atoms. The Morgan fingerprint density at radius 2 is 2.06 bits per heavy atom. The number of carbonyl (C=O) groups excluding carboxylic acids is 2. The molecule has 18 heavy (non-hydrogen) atoms. The molecule has 0 saturated heterocycles. The van der Waals surface area contributed by atoms with Gasteiger partial charge < -0.3 is 15.0 Å². The van der Waals surface area contributed by atoms with Gasteiger partial charge in [-0.25, -0.2) is 0 Å². The fraction of sp³-hybridized carbons (Fsp3) is 0.846. The van der Waals surface area contributed by atoms with E-state index in [1.165, 1.54) is 0 Å². The van der Waals surface area contributed by atoms with Crippen molar-refractivity contribution in [1.29, 1.82) is 0 Å². The summed E-state index contributed by atoms with van der Waals surface area (Å²) in [5, 5.41) is 3.17. The number of nitrogens with zero attached hydrogens (tertiary/aromatic N) is 1. The fourth-order valence-corrected chi connectivity index (χ4v) is 1.69. The van der Waals surface area contributed by atoms with Gasteiger partial charge in [0.25, 0.3) is 0 Å². The van der Waals surface area contributed by atoms with E-state index in [2.05, 4.69) is 5.32 Å². The van der Waals surface area contributed by atoms with Crippen molar-refractivity contribution in [2.24, 2.45) is 5.92 Å². The number of esters is 1. The first-order chi connectivity index (χ1) is 8.52. The Bertz CT molecular complexity index is 288. The zero-order valence-corrected chi connectivity index (χ0v) is 11.6. The Balaban J connectivity index is 2.41. The molecule has 0 aromatic carbocycles. The largest absolute Gasteiger partial charge is 0.465 e. The van der Waals surface area contributed by atoms with Gasteiger partial charge in [0.1, 0.15) is 6.54 Å². The van der Waals surface area contributed by atoms with Gasteiger partial charge in [-0.15, -0.1) is 0 Å². The van der Waals surface area contributed by atoms with Crippen molar-refractivity contribution in [3.8, 4) is 0 Å². The molecule has 0 heterocycles. The average Bonchev–Trinajstić information content (AvgIpc) is 3.08. The van der Waals surface area contributed by atoms with Crippen LogP contribution in [0.5, 0.6) is 0 Å². The molecule has 1 rings (SSSR count). The molecule has 0 atom stereocenters. The summed E-state index contributed by atoms with van der Waals surface area (Å²) >= 11 is 0. The molecule has 1 amide bonds. The SMILES string of the molecule is CCOC(=O)CN(CC(C)C)C(=O)CNC1CC1. The van der Waals surface area contributed by atoms with Crippen LogP contribution in [0, 0.1) is 5.92 Å². The van der Waals surface area contributed by atoms with Gasteiger partial charge in [0.05, 0.1) is 13.2 Å². The van der Waals surface area contributed by atoms with Crippen molar-refractivity contribution < 1.29 is 14.3 Å². The van der Waals surface area contributed by atoms with Gasteiger partial charge in [0.15, 0.2) is 0 Å². The molecule has 1 aliphatic rings. The minimum Gasteiger partial charge on any atom is -0.465 e. The average molecular weight is 256 g/mol. The van der Waals surface area contributed by atoms with Gasteiger partial charge in [0.2, 0.25) is 5.91 Å². The maximum atomic E-state index is 12.0. The Morgan fingerprint density at radius 3 is 2.56 bits per heavy atom. The first-order valence-electron chi connectivity index (χ1n) is 6.69. The first kappa shape index (κ1) is 15.0. The number of hydrogen-bond donors (Lipinski definition) is 1. The van der Waals surface area contributed by atoms with E-state index in [0.717, 1.165) is 12.8 Å². The predicted molar refractivity (Wildman–Crippen MR) is 69.1 cm³/mol. The van der Waals surface area contributed by atoms with Crippen LogP contribution in [-0.4, -0.2) is 49.1 Å². The molecule has 0 aromatic rings. The number of nitrogens with one attached hydrogen (secondary N) is 1. The topological polar surface area (TPSA) is 58.6 Å². The number of amides is 1. The van der Waals surface area contributed by atoms with E-state index in [4.69, 9.17) is 4.74 Å². The van der Waals surface area contributed by atoms with Crippen LogP contribution in [0.3, 0.4) is 0 Å². The van der Waals surface area contributed by atoms with Gasteiger partial charge >= 0.3 is 5.97 Å². The third-order valence-electron chi connectivity index (χ3n) is 2.68. The summed E-state index contributed by atoms with van der Waals surface area (Å²) in [5.41, 5.74) is 0. The predicted octanol–water partition coefficient (Wildman–Crippen LogP) is 0.786. The van der Waals surface area contributed by atoms with Crippen LogP contribution in [0.4, 0.5) is 0 Å². The van der Waals surface area contributed by atoms with Gasteiger partial charge in [-0.05, 0) is 25.7 Å². The highest BCUT2D eigenvalue weighted by Gasteiger charge is 2.24. The van der Waals surface area contributed by atoms with Crippen LogP contribution in [-0.2, 0) is 14.3 Å². The van der Waals surface area contributed by atoms with Crippen molar-refractivity contribution in [3.05, 3.63) is 0 Å². The molecule has 1 fully saturated rings. The monoisotopic (exact) mass is 256 g/mol. The summed E-state index contributed by atoms with van der Waals surface area (Å²) < 4.78 is 4.89. The maximum Gasteiger partial charge on any atom is 0.325 e. The van der Waals surface area contributed by atoms with Gasteiger partial charge in [-0.2, -0.15) is 0 Å². The molecule has 0 spiro atoms.